The highest BCUT2D eigenvalue weighted by molar-refractivity contribution is 5.74. The Bertz CT molecular complexity index is 681. The summed E-state index contributed by atoms with van der Waals surface area (Å²) in [6.07, 6.45) is 12.1. The summed E-state index contributed by atoms with van der Waals surface area (Å²) in [4.78, 5) is 25.8. The summed E-state index contributed by atoms with van der Waals surface area (Å²) in [5.41, 5.74) is -0.195. The Labute approximate surface area is 181 Å². The van der Waals surface area contributed by atoms with E-state index >= 15 is 0 Å². The zero-order valence-electron chi connectivity index (χ0n) is 19.1. The molecule has 4 heteroatoms. The van der Waals surface area contributed by atoms with Gasteiger partial charge in [-0.25, -0.2) is 0 Å². The first-order valence-electron chi connectivity index (χ1n) is 12.9. The van der Waals surface area contributed by atoms with Gasteiger partial charge >= 0.3 is 11.9 Å². The van der Waals surface area contributed by atoms with Crippen LogP contribution in [0.3, 0.4) is 0 Å². The van der Waals surface area contributed by atoms with Crippen LogP contribution in [0.4, 0.5) is 0 Å². The van der Waals surface area contributed by atoms with Gasteiger partial charge in [-0.3, -0.25) is 9.59 Å². The molecular weight excluding hydrogens is 376 g/mol. The monoisotopic (exact) mass is 416 g/mol. The summed E-state index contributed by atoms with van der Waals surface area (Å²) in [7, 11) is 0. The molecule has 0 aromatic rings. The van der Waals surface area contributed by atoms with Crippen LogP contribution < -0.4 is 0 Å². The van der Waals surface area contributed by atoms with E-state index in [1.54, 1.807) is 0 Å². The lowest BCUT2D eigenvalue weighted by atomic mass is 9.66. The Kier molecular flexibility index (Phi) is 5.42. The van der Waals surface area contributed by atoms with Crippen LogP contribution in [0.5, 0.6) is 0 Å². The highest BCUT2D eigenvalue weighted by atomic mass is 16.6. The van der Waals surface area contributed by atoms with Crippen LogP contribution in [0.2, 0.25) is 0 Å². The number of carbonyl (C=O) groups is 2. The molecule has 0 aromatic carbocycles. The number of fused-ring (bicyclic) bond motifs is 9. The fourth-order valence-electron chi connectivity index (χ4n) is 8.39. The van der Waals surface area contributed by atoms with Gasteiger partial charge in [-0.1, -0.05) is 27.2 Å². The smallest absolute Gasteiger partial charge is 0.309 e. The highest BCUT2D eigenvalue weighted by Crippen LogP contribution is 2.69. The molecule has 5 aliphatic carbocycles. The van der Waals surface area contributed by atoms with E-state index in [0.29, 0.717) is 29.6 Å². The summed E-state index contributed by atoms with van der Waals surface area (Å²) in [5.74, 6) is 3.86. The van der Waals surface area contributed by atoms with Crippen molar-refractivity contribution >= 4 is 11.9 Å². The number of rotatable bonds is 6. The Morgan fingerprint density at radius 2 is 1.63 bits per heavy atom. The second kappa shape index (κ2) is 7.81. The zero-order valence-corrected chi connectivity index (χ0v) is 19.1. The third-order valence-corrected chi connectivity index (χ3v) is 10.1. The molecule has 0 N–H and O–H groups in total. The lowest BCUT2D eigenvalue weighted by Gasteiger charge is -2.42. The highest BCUT2D eigenvalue weighted by Gasteiger charge is 2.66. The van der Waals surface area contributed by atoms with Crippen molar-refractivity contribution in [3.63, 3.8) is 0 Å². The molecule has 5 aliphatic rings. The van der Waals surface area contributed by atoms with E-state index in [0.717, 1.165) is 44.4 Å². The molecule has 0 aliphatic heterocycles. The van der Waals surface area contributed by atoms with Gasteiger partial charge in [-0.15, -0.1) is 0 Å². The van der Waals surface area contributed by atoms with Crippen LogP contribution in [0, 0.1) is 47.3 Å². The molecule has 0 amide bonds. The molecule has 0 heterocycles. The maximum atomic E-state index is 13.3. The average Bonchev–Trinajstić information content (AvgIpc) is 3.52. The maximum absolute atomic E-state index is 13.3. The molecule has 9 atom stereocenters. The van der Waals surface area contributed by atoms with E-state index in [1.165, 1.54) is 32.1 Å². The van der Waals surface area contributed by atoms with Crippen molar-refractivity contribution in [2.24, 2.45) is 47.3 Å². The van der Waals surface area contributed by atoms with Crippen LogP contribution in [0.1, 0.15) is 91.4 Å². The van der Waals surface area contributed by atoms with E-state index in [4.69, 9.17) is 9.47 Å². The Morgan fingerprint density at radius 3 is 2.33 bits per heavy atom. The Morgan fingerprint density at radius 1 is 0.933 bits per heavy atom. The summed E-state index contributed by atoms with van der Waals surface area (Å²) in [5, 5.41) is 0. The van der Waals surface area contributed by atoms with Crippen molar-refractivity contribution in [3.05, 3.63) is 0 Å². The molecule has 168 valence electrons. The largest absolute Gasteiger partial charge is 0.462 e. The minimum atomic E-state index is -0.195. The first-order valence-corrected chi connectivity index (χ1v) is 12.9. The van der Waals surface area contributed by atoms with E-state index in [-0.39, 0.29) is 35.5 Å². The molecule has 4 nitrogen and oxygen atoms in total. The predicted octanol–water partition coefficient (Wildman–Crippen LogP) is 5.53. The van der Waals surface area contributed by atoms with E-state index in [1.807, 2.05) is 13.8 Å². The second-order valence-corrected chi connectivity index (χ2v) is 11.4. The van der Waals surface area contributed by atoms with Crippen LogP contribution in [0.25, 0.3) is 0 Å². The third-order valence-electron chi connectivity index (χ3n) is 10.1. The van der Waals surface area contributed by atoms with Crippen LogP contribution in [-0.4, -0.2) is 23.6 Å². The molecule has 0 aromatic heterocycles. The molecule has 9 unspecified atom stereocenters. The van der Waals surface area contributed by atoms with Gasteiger partial charge in [0.15, 0.2) is 0 Å². The van der Waals surface area contributed by atoms with Gasteiger partial charge in [0.1, 0.15) is 11.7 Å². The van der Waals surface area contributed by atoms with Gasteiger partial charge in [0.2, 0.25) is 0 Å². The van der Waals surface area contributed by atoms with Gasteiger partial charge in [0.25, 0.3) is 0 Å². The van der Waals surface area contributed by atoms with E-state index < -0.39 is 0 Å². The van der Waals surface area contributed by atoms with Crippen LogP contribution in [0.15, 0.2) is 0 Å². The summed E-state index contributed by atoms with van der Waals surface area (Å²) < 4.78 is 12.3. The van der Waals surface area contributed by atoms with Gasteiger partial charge in [0.05, 0.1) is 11.8 Å². The van der Waals surface area contributed by atoms with Crippen molar-refractivity contribution in [2.75, 3.05) is 0 Å². The number of carbonyl (C=O) groups excluding carboxylic acids is 2. The standard InChI is InChI=1S/C26H40O4/c1-4-15(3)24(27)29-21-14-17-13-20(21)23-18-11-16(22(17)23)12-19(18)25(28)30-26(5-2)9-7-6-8-10-26/h15-23H,4-14H2,1-3H3. The van der Waals surface area contributed by atoms with Crippen molar-refractivity contribution in [1.82, 2.24) is 0 Å². The average molecular weight is 417 g/mol. The van der Waals surface area contributed by atoms with Gasteiger partial charge < -0.3 is 9.47 Å². The topological polar surface area (TPSA) is 52.6 Å². The minimum Gasteiger partial charge on any atom is -0.462 e. The first-order chi connectivity index (χ1) is 14.5. The van der Waals surface area contributed by atoms with Gasteiger partial charge in [0, 0.05) is 0 Å². The predicted molar refractivity (Wildman–Crippen MR) is 114 cm³/mol. The fraction of sp³-hybridized carbons (Fsp3) is 0.923. The minimum absolute atomic E-state index is 0.0107. The third kappa shape index (κ3) is 3.23. The number of esters is 2. The fourth-order valence-corrected chi connectivity index (χ4v) is 8.39. The van der Waals surface area contributed by atoms with E-state index in [2.05, 4.69) is 6.92 Å². The molecule has 0 saturated heterocycles. The second-order valence-electron chi connectivity index (χ2n) is 11.4. The molecule has 30 heavy (non-hydrogen) atoms. The summed E-state index contributed by atoms with van der Waals surface area (Å²) in [6.45, 7) is 6.20. The Balaban J connectivity index is 1.27. The Hall–Kier alpha value is -1.06. The number of hydrogen-bond donors (Lipinski definition) is 0. The van der Waals surface area contributed by atoms with Gasteiger partial charge in [-0.05, 0) is 99.7 Å². The normalized spacial score (nSPS) is 44.0. The molecule has 5 fully saturated rings. The molecule has 5 saturated carbocycles. The molecule has 5 rings (SSSR count). The molecule has 0 spiro atoms. The van der Waals surface area contributed by atoms with Crippen molar-refractivity contribution in [2.45, 2.75) is 103 Å². The van der Waals surface area contributed by atoms with Crippen molar-refractivity contribution in [3.8, 4) is 0 Å². The van der Waals surface area contributed by atoms with Crippen molar-refractivity contribution in [1.29, 1.82) is 0 Å². The van der Waals surface area contributed by atoms with Crippen LogP contribution >= 0.6 is 0 Å². The van der Waals surface area contributed by atoms with Gasteiger partial charge in [-0.2, -0.15) is 0 Å². The van der Waals surface area contributed by atoms with Crippen LogP contribution in [-0.2, 0) is 19.1 Å². The zero-order chi connectivity index (χ0) is 21.0. The van der Waals surface area contributed by atoms with E-state index in [9.17, 15) is 9.59 Å². The lowest BCUT2D eigenvalue weighted by Crippen LogP contribution is -2.44. The summed E-state index contributed by atoms with van der Waals surface area (Å²) >= 11 is 0. The van der Waals surface area contributed by atoms with Crippen molar-refractivity contribution < 1.29 is 19.1 Å². The number of hydrogen-bond acceptors (Lipinski definition) is 4. The summed E-state index contributed by atoms with van der Waals surface area (Å²) in [6, 6.07) is 0. The first kappa shape index (κ1) is 20.8. The molecule has 0 radical (unpaired) electrons. The SMILES string of the molecule is CCC(C)C(=O)OC1CC2CC1C1C3CC(CC3C(=O)OC3(CC)CCCCC3)C21. The molecular formula is C26H40O4. The molecule has 4 bridgehead atoms. The quantitative estimate of drug-likeness (QED) is 0.422. The lowest BCUT2D eigenvalue weighted by molar-refractivity contribution is -0.174. The maximum Gasteiger partial charge on any atom is 0.309 e. The number of ether oxygens (including phenoxy) is 2.